The largest absolute Gasteiger partial charge is 0.0725 e. The molecule has 0 unspecified atom stereocenters. The van der Waals surface area contributed by atoms with Crippen LogP contribution in [0.15, 0.2) is 206 Å². The van der Waals surface area contributed by atoms with E-state index in [1.54, 1.807) is 0 Å². The lowest BCUT2D eigenvalue weighted by molar-refractivity contribution is 0.768. The molecule has 8 aromatic carbocycles. The van der Waals surface area contributed by atoms with E-state index >= 15 is 0 Å². The molecule has 0 aromatic heterocycles. The molecular weight excluding hydrogens is 601 g/mol. The van der Waals surface area contributed by atoms with Crippen LogP contribution < -0.4 is 0 Å². The first-order valence-corrected chi connectivity index (χ1v) is 17.5. The first-order chi connectivity index (χ1) is 24.8. The average Bonchev–Trinajstić information content (AvgIpc) is 3.80. The minimum atomic E-state index is -0.254. The lowest BCUT2D eigenvalue weighted by Crippen LogP contribution is -2.28. The van der Waals surface area contributed by atoms with Crippen molar-refractivity contribution in [2.45, 2.75) is 10.8 Å². The highest BCUT2D eigenvalue weighted by atomic mass is 14.5. The van der Waals surface area contributed by atoms with Crippen molar-refractivity contribution in [2.24, 2.45) is 0 Å². The van der Waals surface area contributed by atoms with Gasteiger partial charge in [-0.25, -0.2) is 0 Å². The molecule has 0 radical (unpaired) electrons. The summed E-state index contributed by atoms with van der Waals surface area (Å²) < 4.78 is 0. The van der Waals surface area contributed by atoms with Gasteiger partial charge >= 0.3 is 0 Å². The maximum Gasteiger partial charge on any atom is 0.0725 e. The van der Waals surface area contributed by atoms with Crippen molar-refractivity contribution in [3.8, 4) is 33.4 Å². The smallest absolute Gasteiger partial charge is 0.0622 e. The summed E-state index contributed by atoms with van der Waals surface area (Å²) in [6, 6.07) is 75.1. The molecule has 3 aliphatic carbocycles. The lowest BCUT2D eigenvalue weighted by Gasteiger charge is -2.33. The molecule has 0 atom stereocenters. The van der Waals surface area contributed by atoms with E-state index in [4.69, 9.17) is 0 Å². The number of fused-ring (bicyclic) bond motifs is 13. The van der Waals surface area contributed by atoms with Crippen molar-refractivity contribution < 1.29 is 0 Å². The van der Waals surface area contributed by atoms with Crippen LogP contribution in [-0.2, 0) is 10.8 Å². The van der Waals surface area contributed by atoms with Crippen LogP contribution in [0.2, 0.25) is 0 Å². The van der Waals surface area contributed by atoms with Crippen LogP contribution in [-0.4, -0.2) is 0 Å². The SMILES string of the molecule is c1ccc(C2(c3ccccc3)c3ccccc3-c3ccccc32)cc1.c1ccc2c(c1)-c1ccccc1C21c2ccccc2-c2ccccc21. The molecule has 234 valence electrons. The predicted octanol–water partition coefficient (Wildman–Crippen LogP) is 12.1. The van der Waals surface area contributed by atoms with Crippen molar-refractivity contribution in [2.75, 3.05) is 0 Å². The molecule has 0 heterocycles. The molecule has 0 aliphatic heterocycles. The van der Waals surface area contributed by atoms with Crippen LogP contribution in [0.3, 0.4) is 0 Å². The van der Waals surface area contributed by atoms with Crippen LogP contribution in [0.5, 0.6) is 0 Å². The van der Waals surface area contributed by atoms with Gasteiger partial charge in [-0.05, 0) is 77.9 Å². The van der Waals surface area contributed by atoms with Gasteiger partial charge in [-0.15, -0.1) is 0 Å². The van der Waals surface area contributed by atoms with Crippen molar-refractivity contribution >= 4 is 0 Å². The second-order valence-corrected chi connectivity index (χ2v) is 13.5. The Labute approximate surface area is 294 Å². The molecule has 0 bridgehead atoms. The van der Waals surface area contributed by atoms with Gasteiger partial charge in [0.2, 0.25) is 0 Å². The van der Waals surface area contributed by atoms with E-state index in [0.717, 1.165) is 0 Å². The van der Waals surface area contributed by atoms with Gasteiger partial charge < -0.3 is 0 Å². The Kier molecular flexibility index (Phi) is 6.41. The maximum atomic E-state index is 2.31. The predicted molar refractivity (Wildman–Crippen MR) is 206 cm³/mol. The zero-order valence-corrected chi connectivity index (χ0v) is 27.6. The van der Waals surface area contributed by atoms with E-state index in [9.17, 15) is 0 Å². The lowest BCUT2D eigenvalue weighted by atomic mass is 9.68. The van der Waals surface area contributed by atoms with E-state index in [1.165, 1.54) is 77.9 Å². The summed E-state index contributed by atoms with van der Waals surface area (Å²) in [5.41, 5.74) is 18.7. The first-order valence-electron chi connectivity index (χ1n) is 17.5. The van der Waals surface area contributed by atoms with Gasteiger partial charge in [-0.3, -0.25) is 0 Å². The number of rotatable bonds is 2. The fourth-order valence-corrected chi connectivity index (χ4v) is 9.45. The van der Waals surface area contributed by atoms with Crippen molar-refractivity contribution in [1.82, 2.24) is 0 Å². The highest BCUT2D eigenvalue weighted by Crippen LogP contribution is 2.62. The standard InChI is InChI=1S/C25H16.C25H18/c1-5-13-21-17(9-1)18-10-2-6-14-22(18)25(21)23-15-7-3-11-19(23)20-12-4-8-16-24(20)25;1-3-11-19(12-4-1)25(20-13-5-2-6-14-20)23-17-9-7-15-21(23)22-16-8-10-18-24(22)25/h1-16H;1-18H. The van der Waals surface area contributed by atoms with Crippen molar-refractivity contribution in [3.63, 3.8) is 0 Å². The number of benzene rings is 8. The molecule has 0 nitrogen and oxygen atoms in total. The van der Waals surface area contributed by atoms with Gasteiger partial charge in [0.05, 0.1) is 10.8 Å². The Morgan fingerprint density at radius 3 is 0.640 bits per heavy atom. The second-order valence-electron chi connectivity index (χ2n) is 13.5. The highest BCUT2D eigenvalue weighted by Gasteiger charge is 2.51. The third-order valence-electron chi connectivity index (χ3n) is 11.3. The summed E-state index contributed by atoms with van der Waals surface area (Å²) in [4.78, 5) is 0. The second kappa shape index (κ2) is 11.2. The molecular formula is C50H34. The van der Waals surface area contributed by atoms with Crippen LogP contribution in [0.25, 0.3) is 33.4 Å². The third kappa shape index (κ3) is 3.76. The quantitative estimate of drug-likeness (QED) is 0.177. The fraction of sp³-hybridized carbons (Fsp3) is 0.0400. The number of hydrogen-bond donors (Lipinski definition) is 0. The van der Waals surface area contributed by atoms with Gasteiger partial charge in [0.1, 0.15) is 0 Å². The zero-order valence-electron chi connectivity index (χ0n) is 27.6. The maximum absolute atomic E-state index is 2.31. The van der Waals surface area contributed by atoms with E-state index in [-0.39, 0.29) is 10.8 Å². The molecule has 50 heavy (non-hydrogen) atoms. The summed E-state index contributed by atoms with van der Waals surface area (Å²) in [5, 5.41) is 0. The summed E-state index contributed by atoms with van der Waals surface area (Å²) in [6.45, 7) is 0. The normalized spacial score (nSPS) is 14.3. The molecule has 0 saturated carbocycles. The van der Waals surface area contributed by atoms with Crippen molar-refractivity contribution in [1.29, 1.82) is 0 Å². The van der Waals surface area contributed by atoms with E-state index < -0.39 is 0 Å². The van der Waals surface area contributed by atoms with Crippen LogP contribution in [0, 0.1) is 0 Å². The van der Waals surface area contributed by atoms with Gasteiger partial charge in [-0.2, -0.15) is 0 Å². The molecule has 1 spiro atoms. The van der Waals surface area contributed by atoms with Crippen LogP contribution in [0.1, 0.15) is 44.5 Å². The molecule has 3 aliphatic rings. The molecule has 0 amide bonds. The molecule has 11 rings (SSSR count). The van der Waals surface area contributed by atoms with Gasteiger partial charge in [-0.1, -0.05) is 206 Å². The first kappa shape index (κ1) is 28.7. The molecule has 8 aromatic rings. The molecule has 0 heteroatoms. The van der Waals surface area contributed by atoms with Crippen LogP contribution >= 0.6 is 0 Å². The summed E-state index contributed by atoms with van der Waals surface area (Å²) in [5.74, 6) is 0. The Hall–Kier alpha value is -6.24. The average molecular weight is 635 g/mol. The zero-order chi connectivity index (χ0) is 33.1. The highest BCUT2D eigenvalue weighted by molar-refractivity contribution is 5.95. The number of hydrogen-bond acceptors (Lipinski definition) is 0. The minimum Gasteiger partial charge on any atom is -0.0622 e. The van der Waals surface area contributed by atoms with E-state index in [1.807, 2.05) is 0 Å². The topological polar surface area (TPSA) is 0 Å². The van der Waals surface area contributed by atoms with Crippen LogP contribution in [0.4, 0.5) is 0 Å². The Morgan fingerprint density at radius 1 is 0.180 bits per heavy atom. The monoisotopic (exact) mass is 634 g/mol. The fourth-order valence-electron chi connectivity index (χ4n) is 9.45. The summed E-state index contributed by atoms with van der Waals surface area (Å²) >= 11 is 0. The van der Waals surface area contributed by atoms with Gasteiger partial charge in [0.25, 0.3) is 0 Å². The van der Waals surface area contributed by atoms with E-state index in [2.05, 4.69) is 206 Å². The minimum absolute atomic E-state index is 0.180. The van der Waals surface area contributed by atoms with Gasteiger partial charge in [0.15, 0.2) is 0 Å². The Balaban J connectivity index is 0.000000127. The third-order valence-corrected chi connectivity index (χ3v) is 11.3. The van der Waals surface area contributed by atoms with Crippen molar-refractivity contribution in [3.05, 3.63) is 251 Å². The molecule has 0 saturated heterocycles. The molecule has 0 N–H and O–H groups in total. The van der Waals surface area contributed by atoms with E-state index in [0.29, 0.717) is 0 Å². The Morgan fingerprint density at radius 2 is 0.380 bits per heavy atom. The molecule has 0 fully saturated rings. The summed E-state index contributed by atoms with van der Waals surface area (Å²) in [7, 11) is 0. The summed E-state index contributed by atoms with van der Waals surface area (Å²) in [6.07, 6.45) is 0. The Bertz CT molecular complexity index is 2140. The van der Waals surface area contributed by atoms with Gasteiger partial charge in [0, 0.05) is 0 Å².